The maximum atomic E-state index is 13.0. The molecule has 0 saturated heterocycles. The van der Waals surface area contributed by atoms with Crippen LogP contribution in [-0.4, -0.2) is 43.9 Å². The first-order valence-electron chi connectivity index (χ1n) is 10.5. The highest BCUT2D eigenvalue weighted by molar-refractivity contribution is 8.33. The number of rotatable bonds is 7. The molecule has 0 spiro atoms. The zero-order valence-corrected chi connectivity index (χ0v) is 22.5. The first-order valence-corrected chi connectivity index (χ1v) is 15.9. The van der Waals surface area contributed by atoms with Crippen LogP contribution in [0, 0.1) is 0 Å². The molecule has 0 atom stereocenters. The van der Waals surface area contributed by atoms with Crippen molar-refractivity contribution < 1.29 is 19.1 Å². The zero-order valence-electron chi connectivity index (χ0n) is 19.2. The summed E-state index contributed by atoms with van der Waals surface area (Å²) in [6.07, 6.45) is 6.87. The van der Waals surface area contributed by atoms with Gasteiger partial charge in [0.2, 0.25) is 0 Å². The van der Waals surface area contributed by atoms with Gasteiger partial charge in [0.15, 0.2) is 0 Å². The average molecular weight is 519 g/mol. The maximum Gasteiger partial charge on any atom is 0.338 e. The highest BCUT2D eigenvalue weighted by Crippen LogP contribution is 2.52. The first kappa shape index (κ1) is 24.0. The van der Waals surface area contributed by atoms with E-state index in [1.54, 1.807) is 48.7 Å². The van der Waals surface area contributed by atoms with Crippen LogP contribution in [0.2, 0.25) is 0 Å². The van der Waals surface area contributed by atoms with Crippen molar-refractivity contribution in [2.45, 2.75) is 18.1 Å². The van der Waals surface area contributed by atoms with Gasteiger partial charge >= 0.3 is 11.9 Å². The van der Waals surface area contributed by atoms with Crippen molar-refractivity contribution >= 4 is 65.4 Å². The van der Waals surface area contributed by atoms with Crippen LogP contribution in [0.5, 0.6) is 0 Å². The lowest BCUT2D eigenvalue weighted by atomic mass is 9.96. The second kappa shape index (κ2) is 9.62. The molecular weight excluding hydrogens is 493 g/mol. The van der Waals surface area contributed by atoms with Crippen molar-refractivity contribution in [1.29, 1.82) is 0 Å². The van der Waals surface area contributed by atoms with Gasteiger partial charge in [0.05, 0.1) is 24.3 Å². The minimum Gasteiger partial charge on any atom is -0.462 e. The predicted octanol–water partition coefficient (Wildman–Crippen LogP) is 7.76. The van der Waals surface area contributed by atoms with E-state index in [-0.39, 0.29) is 13.2 Å². The third kappa shape index (κ3) is 4.89. The molecule has 0 N–H and O–H groups in total. The number of esters is 2. The molecule has 0 aliphatic rings. The number of hydrogen-bond acceptors (Lipinski definition) is 7. The molecule has 3 aromatic heterocycles. The Morgan fingerprint density at radius 1 is 0.818 bits per heavy atom. The third-order valence-electron chi connectivity index (χ3n) is 4.99. The monoisotopic (exact) mass is 518 g/mol. The summed E-state index contributed by atoms with van der Waals surface area (Å²) in [5, 5.41) is 1.95. The number of thiophene rings is 3. The fourth-order valence-corrected chi connectivity index (χ4v) is 8.17. The molecule has 0 aliphatic heterocycles. The number of ether oxygens (including phenoxy) is 2. The Kier molecular flexibility index (Phi) is 7.00. The van der Waals surface area contributed by atoms with E-state index in [1.165, 1.54) is 24.9 Å². The smallest absolute Gasteiger partial charge is 0.338 e. The molecule has 174 valence electrons. The highest BCUT2D eigenvalue weighted by atomic mass is 32.3. The lowest BCUT2D eigenvalue weighted by molar-refractivity contribution is 0.0513. The molecule has 0 fully saturated rings. The molecular formula is C25H26O4S4. The summed E-state index contributed by atoms with van der Waals surface area (Å²) in [6.45, 7) is 4.15. The SMILES string of the molecule is CCOC(=O)c1cc(-c2cc3sc(S(C)(C)C)cc3s2)c(C(=O)OCC)cc1-c1cccs1. The first-order chi connectivity index (χ1) is 15.7. The van der Waals surface area contributed by atoms with Crippen LogP contribution in [-0.2, 0) is 9.47 Å². The van der Waals surface area contributed by atoms with Gasteiger partial charge in [-0.2, -0.15) is 0 Å². The summed E-state index contributed by atoms with van der Waals surface area (Å²) < 4.78 is 14.5. The van der Waals surface area contributed by atoms with E-state index in [4.69, 9.17) is 9.47 Å². The summed E-state index contributed by atoms with van der Waals surface area (Å²) in [5.74, 6) is -0.785. The van der Waals surface area contributed by atoms with Crippen LogP contribution in [0.1, 0.15) is 34.6 Å². The standard InChI is InChI=1S/C25H26O4S4/c1-6-28-24(26)17-12-16(20-13-21-22(31-20)14-23(32-21)33(3,4)5)18(25(27)29-7-2)11-15(17)19-9-8-10-30-19/h8-14H,6-7H2,1-5H3. The molecule has 0 unspecified atom stereocenters. The van der Waals surface area contributed by atoms with Crippen molar-refractivity contribution in [2.75, 3.05) is 32.0 Å². The fraction of sp³-hybridized carbons (Fsp3) is 0.280. The Morgan fingerprint density at radius 2 is 1.39 bits per heavy atom. The number of hydrogen-bond donors (Lipinski definition) is 0. The Bertz CT molecular complexity index is 1270. The summed E-state index contributed by atoms with van der Waals surface area (Å²) in [5.41, 5.74) is 2.31. The van der Waals surface area contributed by atoms with Crippen molar-refractivity contribution in [1.82, 2.24) is 0 Å². The fourth-order valence-electron chi connectivity index (χ4n) is 3.44. The average Bonchev–Trinajstić information content (AvgIpc) is 3.49. The summed E-state index contributed by atoms with van der Waals surface area (Å²) in [6, 6.07) is 11.8. The van der Waals surface area contributed by atoms with E-state index in [9.17, 15) is 9.59 Å². The van der Waals surface area contributed by atoms with Gasteiger partial charge in [-0.05, 0) is 68.3 Å². The molecule has 4 aromatic rings. The molecule has 4 rings (SSSR count). The van der Waals surface area contributed by atoms with Crippen LogP contribution in [0.4, 0.5) is 0 Å². The van der Waals surface area contributed by atoms with E-state index in [0.717, 1.165) is 9.75 Å². The van der Waals surface area contributed by atoms with Crippen LogP contribution < -0.4 is 0 Å². The predicted molar refractivity (Wildman–Crippen MR) is 144 cm³/mol. The summed E-state index contributed by atoms with van der Waals surface area (Å²) in [4.78, 5) is 27.7. The minimum absolute atomic E-state index is 0.281. The number of fused-ring (bicyclic) bond motifs is 1. The Hall–Kier alpha value is -2.13. The molecule has 33 heavy (non-hydrogen) atoms. The molecule has 1 aromatic carbocycles. The topological polar surface area (TPSA) is 52.6 Å². The van der Waals surface area contributed by atoms with Gasteiger partial charge in [0.25, 0.3) is 0 Å². The lowest BCUT2D eigenvalue weighted by Gasteiger charge is -2.22. The van der Waals surface area contributed by atoms with Gasteiger partial charge < -0.3 is 9.47 Å². The molecule has 0 saturated carbocycles. The second-order valence-electron chi connectivity index (χ2n) is 8.10. The van der Waals surface area contributed by atoms with E-state index < -0.39 is 22.0 Å². The Balaban J connectivity index is 1.92. The van der Waals surface area contributed by atoms with Crippen molar-refractivity contribution in [2.24, 2.45) is 0 Å². The molecule has 8 heteroatoms. The van der Waals surface area contributed by atoms with Crippen LogP contribution >= 0.6 is 44.0 Å². The van der Waals surface area contributed by atoms with Crippen LogP contribution in [0.15, 0.2) is 46.0 Å². The van der Waals surface area contributed by atoms with Gasteiger partial charge in [-0.3, -0.25) is 0 Å². The maximum absolute atomic E-state index is 13.0. The zero-order chi connectivity index (χ0) is 23.8. The van der Waals surface area contributed by atoms with Gasteiger partial charge in [-0.15, -0.1) is 34.0 Å². The van der Waals surface area contributed by atoms with E-state index in [0.29, 0.717) is 22.3 Å². The van der Waals surface area contributed by atoms with Gasteiger partial charge in [-0.1, -0.05) is 6.07 Å². The van der Waals surface area contributed by atoms with Crippen LogP contribution in [0.25, 0.3) is 30.3 Å². The lowest BCUT2D eigenvalue weighted by Crippen LogP contribution is -2.11. The van der Waals surface area contributed by atoms with Crippen molar-refractivity contribution in [3.05, 3.63) is 52.9 Å². The van der Waals surface area contributed by atoms with Crippen molar-refractivity contribution in [3.63, 3.8) is 0 Å². The molecule has 0 aliphatic carbocycles. The molecule has 0 bridgehead atoms. The molecule has 3 heterocycles. The largest absolute Gasteiger partial charge is 0.462 e. The molecule has 0 radical (unpaired) electrons. The van der Waals surface area contributed by atoms with E-state index in [2.05, 4.69) is 30.9 Å². The second-order valence-corrected chi connectivity index (χ2v) is 15.6. The Labute approximate surface area is 207 Å². The number of carbonyl (C=O) groups is 2. The van der Waals surface area contributed by atoms with Gasteiger partial charge in [0.1, 0.15) is 0 Å². The summed E-state index contributed by atoms with van der Waals surface area (Å²) >= 11 is 4.96. The van der Waals surface area contributed by atoms with Gasteiger partial charge in [-0.25, -0.2) is 19.6 Å². The Morgan fingerprint density at radius 3 is 1.88 bits per heavy atom. The van der Waals surface area contributed by atoms with Crippen LogP contribution in [0.3, 0.4) is 0 Å². The number of carbonyl (C=O) groups excluding carboxylic acids is 2. The summed E-state index contributed by atoms with van der Waals surface area (Å²) in [7, 11) is -0.805. The normalized spacial score (nSPS) is 12.2. The van der Waals surface area contributed by atoms with Gasteiger partial charge in [0, 0.05) is 34.5 Å². The van der Waals surface area contributed by atoms with E-state index in [1.807, 2.05) is 17.5 Å². The highest BCUT2D eigenvalue weighted by Gasteiger charge is 2.24. The quantitative estimate of drug-likeness (QED) is 0.235. The number of benzene rings is 1. The molecule has 0 amide bonds. The minimum atomic E-state index is -0.805. The molecule has 4 nitrogen and oxygen atoms in total. The third-order valence-corrected chi connectivity index (χ3v) is 11.1. The van der Waals surface area contributed by atoms with Crippen molar-refractivity contribution in [3.8, 4) is 20.9 Å². The van der Waals surface area contributed by atoms with E-state index >= 15 is 0 Å².